The molecule has 0 saturated carbocycles. The number of hydrogen-bond acceptors (Lipinski definition) is 5. The molecule has 0 unspecified atom stereocenters. The van der Waals surface area contributed by atoms with Crippen molar-refractivity contribution in [1.82, 2.24) is 14.1 Å². The van der Waals surface area contributed by atoms with Crippen molar-refractivity contribution in [2.75, 3.05) is 46.9 Å². The molecular weight excluding hydrogens is 378 g/mol. The molecule has 0 spiro atoms. The van der Waals surface area contributed by atoms with Crippen LogP contribution in [0.3, 0.4) is 0 Å². The van der Waals surface area contributed by atoms with Crippen LogP contribution < -0.4 is 0 Å². The van der Waals surface area contributed by atoms with E-state index in [4.69, 9.17) is 4.74 Å². The Bertz CT molecular complexity index is 812. The van der Waals surface area contributed by atoms with Crippen LogP contribution in [-0.2, 0) is 32.5 Å². The number of fused-ring (bicyclic) bond motifs is 1. The minimum atomic E-state index is -3.56. The summed E-state index contributed by atoms with van der Waals surface area (Å²) in [6.07, 6.45) is 2.43. The highest BCUT2D eigenvalue weighted by Gasteiger charge is 2.35. The van der Waals surface area contributed by atoms with E-state index in [9.17, 15) is 13.2 Å². The molecule has 0 N–H and O–H groups in total. The molecular formula is C20H31N3O4S. The van der Waals surface area contributed by atoms with Gasteiger partial charge in [0.25, 0.3) is 0 Å². The standard InChI is InChI=1S/C20H31N3O4S/c1-4-21(2)14-20(24)22-11-9-16-7-8-19(12-17(16)13-22)28(25,26)23-10-5-6-18(23)15-27-3/h7-8,12,18H,4-6,9-11,13-15H2,1-3H3/t18-/m0/s1. The van der Waals surface area contributed by atoms with Gasteiger partial charge in [0.2, 0.25) is 15.9 Å². The van der Waals surface area contributed by atoms with Crippen molar-refractivity contribution in [2.45, 2.75) is 43.7 Å². The molecule has 1 saturated heterocycles. The smallest absolute Gasteiger partial charge is 0.243 e. The number of amides is 1. The van der Waals surface area contributed by atoms with Gasteiger partial charge in [0, 0.05) is 32.8 Å². The van der Waals surface area contributed by atoms with Crippen molar-refractivity contribution in [3.05, 3.63) is 29.3 Å². The van der Waals surface area contributed by atoms with E-state index in [1.165, 1.54) is 0 Å². The summed E-state index contributed by atoms with van der Waals surface area (Å²) in [7, 11) is -0.0382. The topological polar surface area (TPSA) is 70.2 Å². The molecule has 3 rings (SSSR count). The fraction of sp³-hybridized carbons (Fsp3) is 0.650. The molecule has 0 aliphatic carbocycles. The Morgan fingerprint density at radius 2 is 2.07 bits per heavy atom. The van der Waals surface area contributed by atoms with Gasteiger partial charge >= 0.3 is 0 Å². The maximum atomic E-state index is 13.2. The summed E-state index contributed by atoms with van der Waals surface area (Å²) in [6.45, 7) is 5.31. The van der Waals surface area contributed by atoms with Crippen LogP contribution in [0.2, 0.25) is 0 Å². The maximum absolute atomic E-state index is 13.2. The zero-order chi connectivity index (χ0) is 20.3. The Hall–Kier alpha value is -1.48. The monoisotopic (exact) mass is 409 g/mol. The first-order valence-electron chi connectivity index (χ1n) is 9.95. The summed E-state index contributed by atoms with van der Waals surface area (Å²) >= 11 is 0. The van der Waals surface area contributed by atoms with E-state index in [0.717, 1.165) is 36.9 Å². The number of methoxy groups -OCH3 is 1. The molecule has 2 aliphatic rings. The number of hydrogen-bond donors (Lipinski definition) is 0. The molecule has 8 heteroatoms. The predicted octanol–water partition coefficient (Wildman–Crippen LogP) is 1.32. The minimum Gasteiger partial charge on any atom is -0.383 e. The summed E-state index contributed by atoms with van der Waals surface area (Å²) in [6, 6.07) is 5.27. The molecule has 1 atom stereocenters. The molecule has 2 aliphatic heterocycles. The fourth-order valence-corrected chi connectivity index (χ4v) is 5.70. The van der Waals surface area contributed by atoms with Crippen LogP contribution in [0.25, 0.3) is 0 Å². The highest BCUT2D eigenvalue weighted by atomic mass is 32.2. The van der Waals surface area contributed by atoms with E-state index < -0.39 is 10.0 Å². The number of carbonyl (C=O) groups excluding carboxylic acids is 1. The first kappa shape index (κ1) is 21.2. The van der Waals surface area contributed by atoms with Crippen molar-refractivity contribution in [2.24, 2.45) is 0 Å². The first-order valence-corrected chi connectivity index (χ1v) is 11.4. The van der Waals surface area contributed by atoms with Crippen molar-refractivity contribution in [1.29, 1.82) is 0 Å². The number of ether oxygens (including phenoxy) is 1. The number of likely N-dealkylation sites (N-methyl/N-ethyl adjacent to an activating group) is 1. The molecule has 1 aromatic carbocycles. The van der Waals surface area contributed by atoms with Crippen molar-refractivity contribution in [3.63, 3.8) is 0 Å². The van der Waals surface area contributed by atoms with Crippen LogP contribution in [0.4, 0.5) is 0 Å². The molecule has 1 aromatic rings. The Labute approximate surface area is 168 Å². The van der Waals surface area contributed by atoms with Crippen molar-refractivity contribution >= 4 is 15.9 Å². The van der Waals surface area contributed by atoms with Gasteiger partial charge in [0.05, 0.1) is 18.0 Å². The normalized spacial score (nSPS) is 20.6. The van der Waals surface area contributed by atoms with Crippen LogP contribution >= 0.6 is 0 Å². The Balaban J connectivity index is 1.79. The summed E-state index contributed by atoms with van der Waals surface area (Å²) < 4.78 is 33.2. The van der Waals surface area contributed by atoms with Gasteiger partial charge in [-0.25, -0.2) is 8.42 Å². The lowest BCUT2D eigenvalue weighted by Gasteiger charge is -2.31. The van der Waals surface area contributed by atoms with Crippen molar-refractivity contribution in [3.8, 4) is 0 Å². The second kappa shape index (κ2) is 8.90. The Kier molecular flexibility index (Phi) is 6.75. The van der Waals surface area contributed by atoms with Gasteiger partial charge in [-0.05, 0) is 56.1 Å². The van der Waals surface area contributed by atoms with E-state index in [0.29, 0.717) is 37.7 Å². The van der Waals surface area contributed by atoms with Crippen LogP contribution in [0.1, 0.15) is 30.9 Å². The van der Waals surface area contributed by atoms with Gasteiger partial charge in [0.15, 0.2) is 0 Å². The SMILES string of the molecule is CCN(C)CC(=O)N1CCc2ccc(S(=O)(=O)N3CCC[C@H]3COC)cc2C1. The van der Waals surface area contributed by atoms with Gasteiger partial charge in [-0.15, -0.1) is 0 Å². The van der Waals surface area contributed by atoms with E-state index in [1.54, 1.807) is 23.5 Å². The van der Waals surface area contributed by atoms with Gasteiger partial charge in [-0.2, -0.15) is 4.31 Å². The van der Waals surface area contributed by atoms with Gasteiger partial charge in [0.1, 0.15) is 0 Å². The molecule has 156 valence electrons. The molecule has 0 radical (unpaired) electrons. The highest BCUT2D eigenvalue weighted by molar-refractivity contribution is 7.89. The number of benzene rings is 1. The molecule has 28 heavy (non-hydrogen) atoms. The highest BCUT2D eigenvalue weighted by Crippen LogP contribution is 2.29. The summed E-state index contributed by atoms with van der Waals surface area (Å²) in [5.41, 5.74) is 2.06. The van der Waals surface area contributed by atoms with E-state index in [-0.39, 0.29) is 11.9 Å². The largest absolute Gasteiger partial charge is 0.383 e. The molecule has 7 nitrogen and oxygen atoms in total. The van der Waals surface area contributed by atoms with E-state index in [2.05, 4.69) is 0 Å². The molecule has 2 heterocycles. The van der Waals surface area contributed by atoms with Crippen LogP contribution in [0.5, 0.6) is 0 Å². The summed E-state index contributed by atoms with van der Waals surface area (Å²) in [4.78, 5) is 16.6. The molecule has 0 aromatic heterocycles. The van der Waals surface area contributed by atoms with Gasteiger partial charge in [-0.3, -0.25) is 9.69 Å². The molecule has 0 bridgehead atoms. The number of nitrogens with zero attached hydrogens (tertiary/aromatic N) is 3. The predicted molar refractivity (Wildman–Crippen MR) is 108 cm³/mol. The van der Waals surface area contributed by atoms with Crippen LogP contribution in [0, 0.1) is 0 Å². The van der Waals surface area contributed by atoms with E-state index in [1.807, 2.05) is 29.8 Å². The quantitative estimate of drug-likeness (QED) is 0.679. The van der Waals surface area contributed by atoms with Gasteiger partial charge < -0.3 is 9.64 Å². The Morgan fingerprint density at radius 1 is 1.29 bits per heavy atom. The first-order chi connectivity index (χ1) is 13.4. The average molecular weight is 410 g/mol. The third kappa shape index (κ3) is 4.40. The second-order valence-corrected chi connectivity index (χ2v) is 9.58. The van der Waals surface area contributed by atoms with Crippen LogP contribution in [0.15, 0.2) is 23.1 Å². The average Bonchev–Trinajstić information content (AvgIpc) is 3.16. The lowest BCUT2D eigenvalue weighted by molar-refractivity contribution is -0.133. The Morgan fingerprint density at radius 3 is 2.79 bits per heavy atom. The number of rotatable bonds is 7. The third-order valence-corrected chi connectivity index (χ3v) is 7.72. The molecule has 1 fully saturated rings. The zero-order valence-corrected chi connectivity index (χ0v) is 17.9. The third-order valence-electron chi connectivity index (χ3n) is 5.78. The number of carbonyl (C=O) groups is 1. The second-order valence-electron chi connectivity index (χ2n) is 7.69. The van der Waals surface area contributed by atoms with Crippen LogP contribution in [-0.4, -0.2) is 81.4 Å². The lowest BCUT2D eigenvalue weighted by atomic mass is 10.00. The summed E-state index contributed by atoms with van der Waals surface area (Å²) in [5, 5.41) is 0. The number of sulfonamides is 1. The molecule has 1 amide bonds. The maximum Gasteiger partial charge on any atom is 0.243 e. The van der Waals surface area contributed by atoms with Crippen molar-refractivity contribution < 1.29 is 17.9 Å². The zero-order valence-electron chi connectivity index (χ0n) is 17.1. The summed E-state index contributed by atoms with van der Waals surface area (Å²) in [5.74, 6) is 0.0861. The van der Waals surface area contributed by atoms with E-state index >= 15 is 0 Å². The fourth-order valence-electron chi connectivity index (χ4n) is 3.97. The minimum absolute atomic E-state index is 0.0861. The van der Waals surface area contributed by atoms with Gasteiger partial charge in [-0.1, -0.05) is 13.0 Å². The lowest BCUT2D eigenvalue weighted by Crippen LogP contribution is -2.42.